The Morgan fingerprint density at radius 1 is 1.27 bits per heavy atom. The van der Waals surface area contributed by atoms with Crippen molar-refractivity contribution in [3.05, 3.63) is 46.8 Å². The summed E-state index contributed by atoms with van der Waals surface area (Å²) in [5, 5.41) is 7.66. The number of rotatable bonds is 6. The van der Waals surface area contributed by atoms with Crippen molar-refractivity contribution >= 4 is 11.9 Å². The topological polar surface area (TPSA) is 100 Å². The molecule has 116 valence electrons. The summed E-state index contributed by atoms with van der Waals surface area (Å²) in [5.74, 6) is -0.931. The summed E-state index contributed by atoms with van der Waals surface area (Å²) < 4.78 is 6.65. The van der Waals surface area contributed by atoms with Crippen molar-refractivity contribution in [1.29, 1.82) is 0 Å². The summed E-state index contributed by atoms with van der Waals surface area (Å²) >= 11 is 0. The largest absolute Gasteiger partial charge is 0.462 e. The minimum Gasteiger partial charge on any atom is -0.462 e. The number of esters is 1. The van der Waals surface area contributed by atoms with Gasteiger partial charge in [-0.05, 0) is 31.0 Å². The van der Waals surface area contributed by atoms with Crippen LogP contribution in [0.3, 0.4) is 0 Å². The number of nitrogens with zero attached hydrogens (tertiary/aromatic N) is 3. The molecule has 0 unspecified atom stereocenters. The van der Waals surface area contributed by atoms with Gasteiger partial charge in [-0.3, -0.25) is 4.79 Å². The minimum atomic E-state index is -0.599. The third kappa shape index (κ3) is 3.49. The van der Waals surface area contributed by atoms with E-state index in [9.17, 15) is 9.59 Å². The van der Waals surface area contributed by atoms with E-state index in [0.29, 0.717) is 24.4 Å². The number of hydrogen-bond acceptors (Lipinski definition) is 5. The number of amides is 1. The van der Waals surface area contributed by atoms with Crippen LogP contribution in [0.4, 0.5) is 0 Å². The maximum atomic E-state index is 11.7. The predicted octanol–water partition coefficient (Wildman–Crippen LogP) is 1.30. The highest BCUT2D eigenvalue weighted by molar-refractivity contribution is 5.91. The molecule has 1 aromatic carbocycles. The van der Waals surface area contributed by atoms with E-state index in [2.05, 4.69) is 10.3 Å². The molecule has 0 atom stereocenters. The summed E-state index contributed by atoms with van der Waals surface area (Å²) in [4.78, 5) is 22.9. The van der Waals surface area contributed by atoms with Crippen LogP contribution >= 0.6 is 0 Å². The van der Waals surface area contributed by atoms with Crippen LogP contribution in [0.2, 0.25) is 0 Å². The molecule has 0 fully saturated rings. The fourth-order valence-corrected chi connectivity index (χ4v) is 1.94. The number of ether oxygens (including phenoxy) is 1. The van der Waals surface area contributed by atoms with Crippen LogP contribution in [0, 0.1) is 6.92 Å². The average Bonchev–Trinajstić information content (AvgIpc) is 2.87. The zero-order valence-corrected chi connectivity index (χ0v) is 12.6. The van der Waals surface area contributed by atoms with Crippen LogP contribution in [-0.2, 0) is 11.3 Å². The van der Waals surface area contributed by atoms with Crippen molar-refractivity contribution in [2.24, 2.45) is 5.73 Å². The Balaban J connectivity index is 2.08. The molecule has 0 aliphatic carbocycles. The number of hydrogen-bond donors (Lipinski definition) is 1. The number of carbonyl (C=O) groups excluding carboxylic acids is 2. The van der Waals surface area contributed by atoms with E-state index in [-0.39, 0.29) is 11.7 Å². The maximum absolute atomic E-state index is 11.7. The van der Waals surface area contributed by atoms with Crippen molar-refractivity contribution < 1.29 is 14.3 Å². The third-order valence-electron chi connectivity index (χ3n) is 3.18. The molecular formula is C15H18N4O3. The fourth-order valence-electron chi connectivity index (χ4n) is 1.94. The van der Waals surface area contributed by atoms with E-state index in [1.807, 2.05) is 19.1 Å². The van der Waals surface area contributed by atoms with Crippen molar-refractivity contribution in [1.82, 2.24) is 15.0 Å². The maximum Gasteiger partial charge on any atom is 0.338 e. The lowest BCUT2D eigenvalue weighted by Crippen LogP contribution is -2.13. The fraction of sp³-hybridized carbons (Fsp3) is 0.333. The number of primary amides is 1. The van der Waals surface area contributed by atoms with Gasteiger partial charge in [-0.25, -0.2) is 9.48 Å². The van der Waals surface area contributed by atoms with Crippen LogP contribution in [0.5, 0.6) is 0 Å². The molecule has 2 N–H and O–H groups in total. The third-order valence-corrected chi connectivity index (χ3v) is 3.18. The van der Waals surface area contributed by atoms with E-state index in [0.717, 1.165) is 12.0 Å². The van der Waals surface area contributed by atoms with Crippen LogP contribution in [0.15, 0.2) is 24.3 Å². The van der Waals surface area contributed by atoms with Crippen molar-refractivity contribution in [3.8, 4) is 0 Å². The van der Waals surface area contributed by atoms with Crippen LogP contribution < -0.4 is 5.73 Å². The molecule has 1 amide bonds. The Labute approximate surface area is 128 Å². The molecule has 0 aliphatic heterocycles. The molecule has 7 nitrogen and oxygen atoms in total. The summed E-state index contributed by atoms with van der Waals surface area (Å²) in [5.41, 5.74) is 7.42. The molecule has 0 saturated heterocycles. The number of benzene rings is 1. The first-order valence-electron chi connectivity index (χ1n) is 6.99. The molecule has 0 spiro atoms. The minimum absolute atomic E-state index is 0.166. The first-order chi connectivity index (χ1) is 10.5. The number of aromatic nitrogens is 3. The standard InChI is InChI=1S/C15H18N4O3/c1-3-8-22-15(21)12-6-4-11(5-7-12)9-19-10(2)13(14(16)20)17-18-19/h4-7H,3,8-9H2,1-2H3,(H2,16,20). The molecule has 1 aromatic heterocycles. The van der Waals surface area contributed by atoms with Gasteiger partial charge in [-0.2, -0.15) is 0 Å². The number of nitrogens with two attached hydrogens (primary N) is 1. The molecule has 0 bridgehead atoms. The highest BCUT2D eigenvalue weighted by Crippen LogP contribution is 2.10. The quantitative estimate of drug-likeness (QED) is 0.811. The average molecular weight is 302 g/mol. The van der Waals surface area contributed by atoms with Crippen LogP contribution in [0.25, 0.3) is 0 Å². The first kappa shape index (κ1) is 15.7. The van der Waals surface area contributed by atoms with E-state index >= 15 is 0 Å². The van der Waals surface area contributed by atoms with Crippen LogP contribution in [0.1, 0.15) is 45.4 Å². The lowest BCUT2D eigenvalue weighted by Gasteiger charge is -2.06. The lowest BCUT2D eigenvalue weighted by atomic mass is 10.1. The highest BCUT2D eigenvalue weighted by atomic mass is 16.5. The summed E-state index contributed by atoms with van der Waals surface area (Å²) in [6.07, 6.45) is 0.789. The van der Waals surface area contributed by atoms with Gasteiger partial charge in [0.2, 0.25) is 0 Å². The SMILES string of the molecule is CCCOC(=O)c1ccc(Cn2nnc(C(N)=O)c2C)cc1. The highest BCUT2D eigenvalue weighted by Gasteiger charge is 2.13. The molecule has 0 aliphatic rings. The smallest absolute Gasteiger partial charge is 0.338 e. The van der Waals surface area contributed by atoms with Gasteiger partial charge in [0, 0.05) is 0 Å². The molecule has 2 rings (SSSR count). The Kier molecular flexibility index (Phi) is 4.88. The zero-order valence-electron chi connectivity index (χ0n) is 12.6. The first-order valence-corrected chi connectivity index (χ1v) is 6.99. The molecule has 1 heterocycles. The number of carbonyl (C=O) groups is 2. The Morgan fingerprint density at radius 2 is 1.95 bits per heavy atom. The molecule has 0 saturated carbocycles. The van der Waals surface area contributed by atoms with Crippen molar-refractivity contribution in [3.63, 3.8) is 0 Å². The zero-order chi connectivity index (χ0) is 16.1. The van der Waals surface area contributed by atoms with Gasteiger partial charge in [0.25, 0.3) is 5.91 Å². The summed E-state index contributed by atoms with van der Waals surface area (Å²) in [6.45, 7) is 4.53. The van der Waals surface area contributed by atoms with E-state index < -0.39 is 5.91 Å². The Bertz CT molecular complexity index is 677. The molecule has 22 heavy (non-hydrogen) atoms. The van der Waals surface area contributed by atoms with Gasteiger partial charge in [-0.15, -0.1) is 5.10 Å². The Morgan fingerprint density at radius 3 is 2.50 bits per heavy atom. The van der Waals surface area contributed by atoms with Gasteiger partial charge >= 0.3 is 5.97 Å². The van der Waals surface area contributed by atoms with Crippen molar-refractivity contribution in [2.45, 2.75) is 26.8 Å². The normalized spacial score (nSPS) is 10.5. The van der Waals surface area contributed by atoms with Gasteiger partial charge in [0.1, 0.15) is 0 Å². The summed E-state index contributed by atoms with van der Waals surface area (Å²) in [6, 6.07) is 7.03. The van der Waals surface area contributed by atoms with Gasteiger partial charge < -0.3 is 10.5 Å². The second-order valence-corrected chi connectivity index (χ2v) is 4.88. The molecular weight excluding hydrogens is 284 g/mol. The molecule has 7 heteroatoms. The van der Waals surface area contributed by atoms with Crippen molar-refractivity contribution in [2.75, 3.05) is 6.61 Å². The predicted molar refractivity (Wildman–Crippen MR) is 79.4 cm³/mol. The lowest BCUT2D eigenvalue weighted by molar-refractivity contribution is 0.0505. The van der Waals surface area contributed by atoms with E-state index in [1.165, 1.54) is 0 Å². The van der Waals surface area contributed by atoms with Gasteiger partial charge in [-0.1, -0.05) is 24.3 Å². The van der Waals surface area contributed by atoms with E-state index in [4.69, 9.17) is 10.5 Å². The molecule has 2 aromatic rings. The van der Waals surface area contributed by atoms with E-state index in [1.54, 1.807) is 23.7 Å². The Hall–Kier alpha value is -2.70. The second kappa shape index (κ2) is 6.84. The second-order valence-electron chi connectivity index (χ2n) is 4.88. The summed E-state index contributed by atoms with van der Waals surface area (Å²) in [7, 11) is 0. The van der Waals surface area contributed by atoms with Gasteiger partial charge in [0.05, 0.1) is 24.4 Å². The molecule has 0 radical (unpaired) electrons. The van der Waals surface area contributed by atoms with Gasteiger partial charge in [0.15, 0.2) is 5.69 Å². The monoisotopic (exact) mass is 302 g/mol. The van der Waals surface area contributed by atoms with Crippen LogP contribution in [-0.4, -0.2) is 33.5 Å².